The Bertz CT molecular complexity index is 870. The molecule has 0 fully saturated rings. The van der Waals surface area contributed by atoms with E-state index in [-0.39, 0.29) is 18.4 Å². The van der Waals surface area contributed by atoms with Crippen molar-refractivity contribution < 1.29 is 19.1 Å². The lowest BCUT2D eigenvalue weighted by atomic mass is 10.1. The van der Waals surface area contributed by atoms with E-state index in [1.54, 1.807) is 12.1 Å². The maximum Gasteiger partial charge on any atom is 0.254 e. The molecular weight excluding hydrogens is 436 g/mol. The SMILES string of the molecule is CCCN(CC(=O)Nc1ccccc1C)C(=O)c1cc(Br)c(OCC)c(OC)c1. The van der Waals surface area contributed by atoms with Crippen molar-refractivity contribution in [2.24, 2.45) is 0 Å². The number of methoxy groups -OCH3 is 1. The van der Waals surface area contributed by atoms with E-state index < -0.39 is 0 Å². The average molecular weight is 463 g/mol. The monoisotopic (exact) mass is 462 g/mol. The molecule has 0 atom stereocenters. The van der Waals surface area contributed by atoms with Crippen LogP contribution in [0.4, 0.5) is 5.69 Å². The first-order chi connectivity index (χ1) is 13.9. The summed E-state index contributed by atoms with van der Waals surface area (Å²) >= 11 is 3.44. The summed E-state index contributed by atoms with van der Waals surface area (Å²) in [6.45, 7) is 6.67. The van der Waals surface area contributed by atoms with Crippen LogP contribution in [-0.4, -0.2) is 43.5 Å². The highest BCUT2D eigenvalue weighted by Crippen LogP contribution is 2.37. The van der Waals surface area contributed by atoms with Gasteiger partial charge in [-0.3, -0.25) is 9.59 Å². The number of amides is 2. The van der Waals surface area contributed by atoms with Crippen LogP contribution in [0.3, 0.4) is 0 Å². The largest absolute Gasteiger partial charge is 0.493 e. The first-order valence-corrected chi connectivity index (χ1v) is 10.4. The normalized spacial score (nSPS) is 10.4. The molecule has 0 spiro atoms. The Labute approximate surface area is 180 Å². The standard InChI is InChI=1S/C22H27BrN2O4/c1-5-11-25(14-20(26)24-18-10-8-7-9-15(18)3)22(27)16-12-17(23)21(29-6-2)19(13-16)28-4/h7-10,12-13H,5-6,11,14H2,1-4H3,(H,24,26). The molecule has 0 aliphatic heterocycles. The number of rotatable bonds is 9. The molecule has 0 aromatic heterocycles. The molecule has 29 heavy (non-hydrogen) atoms. The van der Waals surface area contributed by atoms with E-state index in [1.807, 2.05) is 45.0 Å². The minimum Gasteiger partial charge on any atom is -0.493 e. The van der Waals surface area contributed by atoms with E-state index in [2.05, 4.69) is 21.2 Å². The third-order valence-corrected chi connectivity index (χ3v) is 4.89. The lowest BCUT2D eigenvalue weighted by Crippen LogP contribution is -2.38. The maximum atomic E-state index is 13.1. The van der Waals surface area contributed by atoms with Gasteiger partial charge in [0, 0.05) is 17.8 Å². The van der Waals surface area contributed by atoms with E-state index in [4.69, 9.17) is 9.47 Å². The molecule has 2 aromatic carbocycles. The predicted molar refractivity (Wildman–Crippen MR) is 118 cm³/mol. The molecule has 156 valence electrons. The molecule has 0 aliphatic rings. The highest BCUT2D eigenvalue weighted by atomic mass is 79.9. The van der Waals surface area contributed by atoms with Crippen molar-refractivity contribution in [1.82, 2.24) is 4.90 Å². The Balaban J connectivity index is 2.21. The Hall–Kier alpha value is -2.54. The van der Waals surface area contributed by atoms with Gasteiger partial charge in [-0.1, -0.05) is 25.1 Å². The van der Waals surface area contributed by atoms with Gasteiger partial charge in [0.25, 0.3) is 5.91 Å². The third kappa shape index (κ3) is 5.97. The Morgan fingerprint density at radius 2 is 1.90 bits per heavy atom. The molecule has 0 bridgehead atoms. The zero-order valence-corrected chi connectivity index (χ0v) is 18.8. The first kappa shape index (κ1) is 22.7. The Morgan fingerprint density at radius 1 is 1.17 bits per heavy atom. The lowest BCUT2D eigenvalue weighted by Gasteiger charge is -2.23. The Kier molecular flexibility index (Phi) is 8.51. The molecule has 0 unspecified atom stereocenters. The number of carbonyl (C=O) groups excluding carboxylic acids is 2. The molecule has 2 amide bonds. The maximum absolute atomic E-state index is 13.1. The Morgan fingerprint density at radius 3 is 2.52 bits per heavy atom. The predicted octanol–water partition coefficient (Wildman–Crippen LogP) is 4.66. The molecule has 1 N–H and O–H groups in total. The number of benzene rings is 2. The summed E-state index contributed by atoms with van der Waals surface area (Å²) in [5, 5.41) is 2.88. The fraction of sp³-hybridized carbons (Fsp3) is 0.364. The average Bonchev–Trinajstić information content (AvgIpc) is 2.70. The number of para-hydroxylation sites is 1. The number of nitrogens with one attached hydrogen (secondary N) is 1. The van der Waals surface area contributed by atoms with E-state index in [0.29, 0.717) is 34.7 Å². The van der Waals surface area contributed by atoms with Crippen LogP contribution in [0.15, 0.2) is 40.9 Å². The molecule has 6 nitrogen and oxygen atoms in total. The number of nitrogens with zero attached hydrogens (tertiary/aromatic N) is 1. The quantitative estimate of drug-likeness (QED) is 0.588. The summed E-state index contributed by atoms with van der Waals surface area (Å²) in [4.78, 5) is 27.2. The van der Waals surface area contributed by atoms with Gasteiger partial charge in [0.2, 0.25) is 5.91 Å². The van der Waals surface area contributed by atoms with Gasteiger partial charge in [0.15, 0.2) is 11.5 Å². The van der Waals surface area contributed by atoms with Gasteiger partial charge in [-0.2, -0.15) is 0 Å². The van der Waals surface area contributed by atoms with Crippen LogP contribution in [0.2, 0.25) is 0 Å². The number of carbonyl (C=O) groups is 2. The highest BCUT2D eigenvalue weighted by molar-refractivity contribution is 9.10. The number of anilines is 1. The zero-order chi connectivity index (χ0) is 21.4. The molecule has 0 saturated carbocycles. The van der Waals surface area contributed by atoms with Gasteiger partial charge in [0.05, 0.1) is 18.2 Å². The van der Waals surface area contributed by atoms with Crippen molar-refractivity contribution in [2.75, 3.05) is 32.1 Å². The zero-order valence-electron chi connectivity index (χ0n) is 17.3. The van der Waals surface area contributed by atoms with E-state index in [0.717, 1.165) is 17.7 Å². The molecular formula is C22H27BrN2O4. The van der Waals surface area contributed by atoms with Crippen LogP contribution >= 0.6 is 15.9 Å². The summed E-state index contributed by atoms with van der Waals surface area (Å²) in [5.74, 6) is 0.531. The topological polar surface area (TPSA) is 67.9 Å². The van der Waals surface area contributed by atoms with Crippen molar-refractivity contribution in [3.63, 3.8) is 0 Å². The first-order valence-electron chi connectivity index (χ1n) is 9.56. The molecule has 2 rings (SSSR count). The fourth-order valence-electron chi connectivity index (χ4n) is 2.91. The van der Waals surface area contributed by atoms with Crippen LogP contribution < -0.4 is 14.8 Å². The van der Waals surface area contributed by atoms with Crippen molar-refractivity contribution in [3.8, 4) is 11.5 Å². The number of hydrogen-bond acceptors (Lipinski definition) is 4. The van der Waals surface area contributed by atoms with Crippen LogP contribution in [0, 0.1) is 6.92 Å². The fourth-order valence-corrected chi connectivity index (χ4v) is 3.47. The summed E-state index contributed by atoms with van der Waals surface area (Å²) < 4.78 is 11.6. The molecule has 0 radical (unpaired) electrons. The molecule has 0 aliphatic carbocycles. The lowest BCUT2D eigenvalue weighted by molar-refractivity contribution is -0.116. The van der Waals surface area contributed by atoms with Crippen molar-refractivity contribution >= 4 is 33.4 Å². The van der Waals surface area contributed by atoms with Crippen LogP contribution in [0.1, 0.15) is 36.2 Å². The van der Waals surface area contributed by atoms with Gasteiger partial charge >= 0.3 is 0 Å². The van der Waals surface area contributed by atoms with Crippen molar-refractivity contribution in [2.45, 2.75) is 27.2 Å². The van der Waals surface area contributed by atoms with E-state index in [9.17, 15) is 9.59 Å². The summed E-state index contributed by atoms with van der Waals surface area (Å²) in [6, 6.07) is 10.9. The third-order valence-electron chi connectivity index (χ3n) is 4.30. The van der Waals surface area contributed by atoms with Crippen LogP contribution in [0.25, 0.3) is 0 Å². The van der Waals surface area contributed by atoms with Crippen molar-refractivity contribution in [3.05, 3.63) is 52.0 Å². The van der Waals surface area contributed by atoms with Crippen LogP contribution in [-0.2, 0) is 4.79 Å². The number of halogens is 1. The van der Waals surface area contributed by atoms with E-state index >= 15 is 0 Å². The number of hydrogen-bond donors (Lipinski definition) is 1. The highest BCUT2D eigenvalue weighted by Gasteiger charge is 2.22. The molecule has 0 heterocycles. The van der Waals surface area contributed by atoms with E-state index in [1.165, 1.54) is 12.0 Å². The number of aryl methyl sites for hydroxylation is 1. The molecule has 0 saturated heterocycles. The molecule has 7 heteroatoms. The smallest absolute Gasteiger partial charge is 0.254 e. The van der Waals surface area contributed by atoms with Crippen LogP contribution in [0.5, 0.6) is 11.5 Å². The van der Waals surface area contributed by atoms with Gasteiger partial charge in [-0.25, -0.2) is 0 Å². The minimum absolute atomic E-state index is 0.0336. The van der Waals surface area contributed by atoms with Gasteiger partial charge in [-0.15, -0.1) is 0 Å². The second kappa shape index (κ2) is 10.9. The summed E-state index contributed by atoms with van der Waals surface area (Å²) in [5.41, 5.74) is 2.13. The van der Waals surface area contributed by atoms with Gasteiger partial charge in [-0.05, 0) is 60.0 Å². The molecule has 2 aromatic rings. The minimum atomic E-state index is -0.242. The second-order valence-corrected chi connectivity index (χ2v) is 7.37. The summed E-state index contributed by atoms with van der Waals surface area (Å²) in [6.07, 6.45) is 0.735. The van der Waals surface area contributed by atoms with Crippen molar-refractivity contribution in [1.29, 1.82) is 0 Å². The van der Waals surface area contributed by atoms with Gasteiger partial charge < -0.3 is 19.7 Å². The number of ether oxygens (including phenoxy) is 2. The van der Waals surface area contributed by atoms with Gasteiger partial charge in [0.1, 0.15) is 6.54 Å². The second-order valence-electron chi connectivity index (χ2n) is 6.51. The summed E-state index contributed by atoms with van der Waals surface area (Å²) in [7, 11) is 1.53.